The van der Waals surface area contributed by atoms with E-state index in [1.807, 2.05) is 24.3 Å². The smallest absolute Gasteiger partial charge is 0.269 e. The van der Waals surface area contributed by atoms with Crippen LogP contribution in [0.15, 0.2) is 108 Å². The van der Waals surface area contributed by atoms with Gasteiger partial charge in [0.05, 0.1) is 17.2 Å². The molecule has 194 valence electrons. The molecule has 7 rings (SSSR count). The van der Waals surface area contributed by atoms with Gasteiger partial charge in [0, 0.05) is 34.7 Å². The molecule has 3 aliphatic rings. The van der Waals surface area contributed by atoms with Gasteiger partial charge in [-0.25, -0.2) is 0 Å². The molecule has 8 nitrogen and oxygen atoms in total. The molecule has 0 bridgehead atoms. The lowest BCUT2D eigenvalue weighted by Gasteiger charge is -2.36. The fraction of sp³-hybridized carbons (Fsp3) is 0.125. The highest BCUT2D eigenvalue weighted by molar-refractivity contribution is 6.31. The maximum atomic E-state index is 14.6. The van der Waals surface area contributed by atoms with Gasteiger partial charge in [-0.05, 0) is 16.7 Å². The number of rotatable bonds is 4. The summed E-state index contributed by atoms with van der Waals surface area (Å²) in [5, 5.41) is 17.8. The molecule has 3 atom stereocenters. The number of nitro benzene ring substituents is 1. The fourth-order valence-corrected chi connectivity index (χ4v) is 6.73. The Morgan fingerprint density at radius 3 is 2.05 bits per heavy atom. The first kappa shape index (κ1) is 23.8. The van der Waals surface area contributed by atoms with Gasteiger partial charge in [-0.15, -0.1) is 0 Å². The summed E-state index contributed by atoms with van der Waals surface area (Å²) in [6, 6.07) is 26.8. The largest absolute Gasteiger partial charge is 0.293 e. The monoisotopic (exact) mass is 527 g/mol. The minimum atomic E-state index is -1.72. The number of nitro groups is 1. The Balaban J connectivity index is 1.55. The van der Waals surface area contributed by atoms with Crippen LogP contribution in [0.5, 0.6) is 0 Å². The summed E-state index contributed by atoms with van der Waals surface area (Å²) in [6.07, 6.45) is 1.65. The summed E-state index contributed by atoms with van der Waals surface area (Å²) in [5.74, 6) is -2.01. The van der Waals surface area contributed by atoms with E-state index in [2.05, 4.69) is 0 Å². The highest BCUT2D eigenvalue weighted by Gasteiger charge is 2.72. The summed E-state index contributed by atoms with van der Waals surface area (Å²) in [5.41, 5.74) is 1.14. The summed E-state index contributed by atoms with van der Waals surface area (Å²) >= 11 is 0. The van der Waals surface area contributed by atoms with E-state index in [4.69, 9.17) is 5.10 Å². The summed E-state index contributed by atoms with van der Waals surface area (Å²) in [7, 11) is 0. The van der Waals surface area contributed by atoms with Crippen molar-refractivity contribution in [2.75, 3.05) is 0 Å². The Kier molecular flexibility index (Phi) is 5.15. The second-order valence-corrected chi connectivity index (χ2v) is 10.2. The minimum absolute atomic E-state index is 0.129. The normalized spacial score (nSPS) is 21.7. The number of hydrazone groups is 1. The third-order valence-electron chi connectivity index (χ3n) is 8.37. The van der Waals surface area contributed by atoms with Crippen molar-refractivity contribution in [1.29, 1.82) is 0 Å². The van der Waals surface area contributed by atoms with E-state index >= 15 is 0 Å². The standard InChI is InChI=1S/C32H21N3O5/c36-28(20-8-2-1-3-9-20)27-26(19-14-16-22(17-15-19)35(39)40)32(30(37)24-12-6-7-13-25(24)31(32)38)29-23-11-5-4-10-21(23)18-33-34(27)29/h1-18,26-27,29H. The summed E-state index contributed by atoms with van der Waals surface area (Å²) in [4.78, 5) is 54.6. The SMILES string of the molecule is O=C(c1ccccc1)C1C(c2ccc([N+](=O)[O-])cc2)C2(C(=O)c3ccccc3C2=O)C2c3ccccc3C=NN12. The number of hydrogen-bond acceptors (Lipinski definition) is 7. The van der Waals surface area contributed by atoms with Crippen molar-refractivity contribution in [2.45, 2.75) is 18.0 Å². The van der Waals surface area contributed by atoms with Crippen LogP contribution >= 0.6 is 0 Å². The van der Waals surface area contributed by atoms with Crippen LogP contribution in [0.2, 0.25) is 0 Å². The third-order valence-corrected chi connectivity index (χ3v) is 8.37. The molecule has 1 saturated heterocycles. The van der Waals surface area contributed by atoms with Gasteiger partial charge in [0.15, 0.2) is 17.3 Å². The summed E-state index contributed by atoms with van der Waals surface area (Å²) < 4.78 is 0. The fourth-order valence-electron chi connectivity index (χ4n) is 6.73. The number of hydrogen-bond donors (Lipinski definition) is 0. The predicted molar refractivity (Wildman–Crippen MR) is 147 cm³/mol. The molecule has 4 aromatic rings. The van der Waals surface area contributed by atoms with Gasteiger partial charge < -0.3 is 0 Å². The molecular formula is C32H21N3O5. The molecule has 0 saturated carbocycles. The van der Waals surface area contributed by atoms with Crippen molar-refractivity contribution in [3.8, 4) is 0 Å². The predicted octanol–water partition coefficient (Wildman–Crippen LogP) is 5.40. The van der Waals surface area contributed by atoms with Gasteiger partial charge >= 0.3 is 0 Å². The van der Waals surface area contributed by atoms with Crippen LogP contribution in [-0.2, 0) is 0 Å². The molecule has 1 fully saturated rings. The van der Waals surface area contributed by atoms with Gasteiger partial charge in [-0.2, -0.15) is 5.10 Å². The Hall–Kier alpha value is -5.24. The van der Waals surface area contributed by atoms with Crippen LogP contribution < -0.4 is 0 Å². The topological polar surface area (TPSA) is 110 Å². The second kappa shape index (κ2) is 8.64. The second-order valence-electron chi connectivity index (χ2n) is 10.2. The molecule has 8 heteroatoms. The number of carbonyl (C=O) groups excluding carboxylic acids is 3. The van der Waals surface area contributed by atoms with Crippen molar-refractivity contribution in [3.05, 3.63) is 147 Å². The molecule has 1 spiro atoms. The molecule has 0 radical (unpaired) electrons. The highest BCUT2D eigenvalue weighted by atomic mass is 16.6. The number of non-ortho nitro benzene ring substituents is 1. The Morgan fingerprint density at radius 1 is 0.800 bits per heavy atom. The number of fused-ring (bicyclic) bond motifs is 5. The van der Waals surface area contributed by atoms with E-state index in [-0.39, 0.29) is 23.0 Å². The molecule has 4 aromatic carbocycles. The lowest BCUT2D eigenvalue weighted by molar-refractivity contribution is -0.384. The minimum Gasteiger partial charge on any atom is -0.293 e. The zero-order chi connectivity index (χ0) is 27.6. The van der Waals surface area contributed by atoms with Gasteiger partial charge in [-0.1, -0.05) is 91.0 Å². The van der Waals surface area contributed by atoms with Gasteiger partial charge in [0.1, 0.15) is 11.5 Å². The molecular weight excluding hydrogens is 506 g/mol. The van der Waals surface area contributed by atoms with E-state index in [1.165, 1.54) is 12.1 Å². The quantitative estimate of drug-likeness (QED) is 0.152. The molecule has 1 aliphatic carbocycles. The van der Waals surface area contributed by atoms with Crippen molar-refractivity contribution < 1.29 is 19.3 Å². The number of benzene rings is 4. The lowest BCUT2D eigenvalue weighted by atomic mass is 9.63. The molecule has 40 heavy (non-hydrogen) atoms. The maximum Gasteiger partial charge on any atom is 0.269 e. The van der Waals surface area contributed by atoms with E-state index in [0.717, 1.165) is 11.1 Å². The average Bonchev–Trinajstić information content (AvgIpc) is 3.43. The molecule has 0 amide bonds. The van der Waals surface area contributed by atoms with Crippen molar-refractivity contribution in [2.24, 2.45) is 10.5 Å². The van der Waals surface area contributed by atoms with Gasteiger partial charge in [0.25, 0.3) is 5.69 Å². The Morgan fingerprint density at radius 2 is 1.40 bits per heavy atom. The molecule has 2 aliphatic heterocycles. The van der Waals surface area contributed by atoms with Crippen LogP contribution in [0.25, 0.3) is 0 Å². The van der Waals surface area contributed by atoms with E-state index in [9.17, 15) is 24.5 Å². The van der Waals surface area contributed by atoms with Crippen LogP contribution in [0, 0.1) is 15.5 Å². The first-order valence-corrected chi connectivity index (χ1v) is 12.9. The van der Waals surface area contributed by atoms with Gasteiger partial charge in [0.2, 0.25) is 0 Å². The number of ketones is 3. The molecule has 2 heterocycles. The van der Waals surface area contributed by atoms with Crippen molar-refractivity contribution >= 4 is 29.3 Å². The first-order chi connectivity index (χ1) is 19.4. The summed E-state index contributed by atoms with van der Waals surface area (Å²) in [6.45, 7) is 0. The van der Waals surface area contributed by atoms with Crippen LogP contribution in [0.4, 0.5) is 5.69 Å². The van der Waals surface area contributed by atoms with Crippen LogP contribution in [0.3, 0.4) is 0 Å². The highest BCUT2D eigenvalue weighted by Crippen LogP contribution is 2.64. The zero-order valence-corrected chi connectivity index (χ0v) is 21.0. The van der Waals surface area contributed by atoms with Gasteiger partial charge in [-0.3, -0.25) is 29.5 Å². The van der Waals surface area contributed by atoms with E-state index in [0.29, 0.717) is 22.3 Å². The number of nitrogens with zero attached hydrogens (tertiary/aromatic N) is 3. The number of Topliss-reactive ketones (excluding diaryl/α,β-unsaturated/α-hetero) is 3. The number of carbonyl (C=O) groups is 3. The van der Waals surface area contributed by atoms with Crippen molar-refractivity contribution in [3.63, 3.8) is 0 Å². The maximum absolute atomic E-state index is 14.6. The van der Waals surface area contributed by atoms with E-state index < -0.39 is 28.3 Å². The third kappa shape index (κ3) is 3.07. The molecule has 0 aromatic heterocycles. The van der Waals surface area contributed by atoms with E-state index in [1.54, 1.807) is 78.0 Å². The van der Waals surface area contributed by atoms with Crippen molar-refractivity contribution in [1.82, 2.24) is 5.01 Å². The molecule has 0 N–H and O–H groups in total. The first-order valence-electron chi connectivity index (χ1n) is 12.9. The lowest BCUT2D eigenvalue weighted by Crippen LogP contribution is -2.43. The van der Waals surface area contributed by atoms with Crippen LogP contribution in [0.1, 0.15) is 59.7 Å². The van der Waals surface area contributed by atoms with Crippen LogP contribution in [-0.4, -0.2) is 39.5 Å². The average molecular weight is 528 g/mol. The Bertz CT molecular complexity index is 1730. The molecule has 3 unspecified atom stereocenters. The Labute approximate surface area is 228 Å². The zero-order valence-electron chi connectivity index (χ0n) is 21.0.